The summed E-state index contributed by atoms with van der Waals surface area (Å²) in [5.74, 6) is -0.788. The minimum absolute atomic E-state index is 0.0540. The number of aryl methyl sites for hydroxylation is 1. The van der Waals surface area contributed by atoms with E-state index in [0.717, 1.165) is 69.2 Å². The lowest BCUT2D eigenvalue weighted by Gasteiger charge is -2.36. The number of nitrogens with zero attached hydrogens (tertiary/aromatic N) is 2. The van der Waals surface area contributed by atoms with Gasteiger partial charge in [-0.2, -0.15) is 0 Å². The lowest BCUT2D eigenvalue weighted by Crippen LogP contribution is -2.53. The number of aromatic hydroxyl groups is 1. The number of piperazine rings is 1. The van der Waals surface area contributed by atoms with Crippen molar-refractivity contribution in [2.45, 2.75) is 89.9 Å². The van der Waals surface area contributed by atoms with E-state index in [0.29, 0.717) is 43.5 Å². The third-order valence-corrected chi connectivity index (χ3v) is 11.1. The number of ether oxygens (including phenoxy) is 2. The molecule has 3 aromatic carbocycles. The summed E-state index contributed by atoms with van der Waals surface area (Å²) in [5.41, 5.74) is 5.92. The molecule has 1 saturated carbocycles. The number of halogens is 1. The van der Waals surface area contributed by atoms with Crippen molar-refractivity contribution >= 4 is 11.8 Å². The highest BCUT2D eigenvalue weighted by Gasteiger charge is 2.30. The van der Waals surface area contributed by atoms with Crippen LogP contribution in [-0.2, 0) is 22.6 Å². The Morgan fingerprint density at radius 3 is 2.34 bits per heavy atom. The van der Waals surface area contributed by atoms with Crippen LogP contribution in [-0.4, -0.2) is 96.5 Å². The van der Waals surface area contributed by atoms with Crippen LogP contribution < -0.4 is 26.0 Å². The Kier molecular flexibility index (Phi) is 12.7. The number of carbonyl (C=O) groups is 2. The molecule has 3 aromatic rings. The van der Waals surface area contributed by atoms with Crippen molar-refractivity contribution in [3.8, 4) is 22.6 Å². The van der Waals surface area contributed by atoms with Crippen LogP contribution in [0.15, 0.2) is 84.3 Å². The molecule has 0 bridgehead atoms. The number of hydrogen-bond acceptors (Lipinski definition) is 9. The largest absolute Gasteiger partial charge is 0.507 e. The summed E-state index contributed by atoms with van der Waals surface area (Å²) >= 11 is 0. The predicted molar refractivity (Wildman–Crippen MR) is 215 cm³/mol. The Hall–Kier alpha value is -4.75. The molecule has 12 heteroatoms. The fraction of sp³-hybridized carbons (Fsp3) is 0.455. The summed E-state index contributed by atoms with van der Waals surface area (Å²) in [4.78, 5) is 31.5. The highest BCUT2D eigenvalue weighted by atomic mass is 19.1. The molecule has 3 fully saturated rings. The summed E-state index contributed by atoms with van der Waals surface area (Å²) in [5, 5.41) is 22.8. The average molecular weight is 767 g/mol. The molecule has 0 aromatic heterocycles. The molecule has 11 nitrogen and oxygen atoms in total. The number of phenols is 1. The Morgan fingerprint density at radius 2 is 1.61 bits per heavy atom. The van der Waals surface area contributed by atoms with E-state index in [1.165, 1.54) is 29.5 Å². The maximum Gasteiger partial charge on any atom is 0.255 e. The van der Waals surface area contributed by atoms with Crippen molar-refractivity contribution in [2.24, 2.45) is 0 Å². The van der Waals surface area contributed by atoms with E-state index in [1.54, 1.807) is 12.1 Å². The first-order chi connectivity index (χ1) is 27.1. The number of morpholine rings is 1. The normalized spacial score (nSPS) is 24.7. The summed E-state index contributed by atoms with van der Waals surface area (Å²) in [7, 11) is 0. The Bertz CT molecular complexity index is 1930. The molecule has 2 amide bonds. The van der Waals surface area contributed by atoms with Gasteiger partial charge in [-0.1, -0.05) is 42.0 Å². The van der Waals surface area contributed by atoms with E-state index in [2.05, 4.69) is 69.2 Å². The fourth-order valence-electron chi connectivity index (χ4n) is 8.40. The first-order valence-corrected chi connectivity index (χ1v) is 20.0. The lowest BCUT2D eigenvalue weighted by atomic mass is 9.90. The van der Waals surface area contributed by atoms with Gasteiger partial charge in [-0.15, -0.1) is 0 Å². The number of amides is 2. The zero-order valence-corrected chi connectivity index (χ0v) is 32.7. The maximum atomic E-state index is 14.6. The molecule has 4 aliphatic rings. The molecule has 1 aliphatic carbocycles. The summed E-state index contributed by atoms with van der Waals surface area (Å²) in [6.07, 6.45) is 4.13. The highest BCUT2D eigenvalue weighted by molar-refractivity contribution is 5.97. The number of rotatable bonds is 11. The van der Waals surface area contributed by atoms with Gasteiger partial charge < -0.3 is 35.8 Å². The molecule has 3 atom stereocenters. The quantitative estimate of drug-likeness (QED) is 0.177. The van der Waals surface area contributed by atoms with Crippen LogP contribution in [0.4, 0.5) is 4.39 Å². The number of benzene rings is 3. The van der Waals surface area contributed by atoms with Crippen molar-refractivity contribution < 1.29 is 28.6 Å². The molecular weight excluding hydrogens is 712 g/mol. The van der Waals surface area contributed by atoms with Crippen molar-refractivity contribution in [3.63, 3.8) is 0 Å². The molecule has 7 rings (SSSR count). The summed E-state index contributed by atoms with van der Waals surface area (Å²) < 4.78 is 26.6. The van der Waals surface area contributed by atoms with E-state index in [9.17, 15) is 19.1 Å². The van der Waals surface area contributed by atoms with Crippen LogP contribution in [0.5, 0.6) is 11.5 Å². The van der Waals surface area contributed by atoms with E-state index in [-0.39, 0.29) is 34.9 Å². The maximum absolute atomic E-state index is 14.6. The Labute approximate surface area is 329 Å². The van der Waals surface area contributed by atoms with Crippen molar-refractivity contribution in [2.75, 3.05) is 39.4 Å². The van der Waals surface area contributed by atoms with Gasteiger partial charge in [-0.05, 0) is 99.0 Å². The Morgan fingerprint density at radius 1 is 0.893 bits per heavy atom. The second kappa shape index (κ2) is 18.0. The summed E-state index contributed by atoms with van der Waals surface area (Å²) in [6.45, 7) is 13.3. The van der Waals surface area contributed by atoms with Crippen LogP contribution in [0.3, 0.4) is 0 Å². The minimum atomic E-state index is -0.901. The first kappa shape index (κ1) is 39.5. The van der Waals surface area contributed by atoms with Gasteiger partial charge in [0.15, 0.2) is 0 Å². The smallest absolute Gasteiger partial charge is 0.255 e. The van der Waals surface area contributed by atoms with Gasteiger partial charge in [-0.25, -0.2) is 4.39 Å². The molecule has 3 aliphatic heterocycles. The van der Waals surface area contributed by atoms with Gasteiger partial charge in [0.2, 0.25) is 6.23 Å². The van der Waals surface area contributed by atoms with Gasteiger partial charge in [0, 0.05) is 69.6 Å². The number of phenolic OH excluding ortho intramolecular Hbond substituents is 1. The van der Waals surface area contributed by atoms with Crippen molar-refractivity contribution in [3.05, 3.63) is 107 Å². The predicted octanol–water partition coefficient (Wildman–Crippen LogP) is 5.28. The van der Waals surface area contributed by atoms with Crippen LogP contribution >= 0.6 is 0 Å². The van der Waals surface area contributed by atoms with Gasteiger partial charge in [0.1, 0.15) is 17.3 Å². The van der Waals surface area contributed by atoms with Gasteiger partial charge in [0.05, 0.1) is 24.4 Å². The second-order valence-corrected chi connectivity index (χ2v) is 15.9. The van der Waals surface area contributed by atoms with E-state index in [1.807, 2.05) is 25.1 Å². The van der Waals surface area contributed by atoms with Gasteiger partial charge in [0.25, 0.3) is 11.8 Å². The lowest BCUT2D eigenvalue weighted by molar-refractivity contribution is -0.119. The molecular formula is C44H55FN6O5. The molecule has 5 N–H and O–H groups in total. The second-order valence-electron chi connectivity index (χ2n) is 15.9. The molecule has 1 unspecified atom stereocenters. The Balaban J connectivity index is 1.01. The van der Waals surface area contributed by atoms with Crippen LogP contribution in [0.2, 0.25) is 0 Å². The first-order valence-electron chi connectivity index (χ1n) is 20.0. The highest BCUT2D eigenvalue weighted by Crippen LogP contribution is 2.31. The monoisotopic (exact) mass is 766 g/mol. The number of nitrogens with one attached hydrogen (secondary N) is 4. The van der Waals surface area contributed by atoms with Crippen molar-refractivity contribution in [1.82, 2.24) is 31.1 Å². The molecule has 298 valence electrons. The SMILES string of the molecule is Cc1ccc(O)c(C(=O)N[C@H]2CC[C@@H](NC(=O)C3=CC(F)=CNC3Oc3cccc(-c4ccc(CN5C[C@@H](C)N[C@@H](C)C5)cc4CN4CCOCC4)c3)CC2)c1. The molecule has 0 radical (unpaired) electrons. The minimum Gasteiger partial charge on any atom is -0.507 e. The molecule has 0 spiro atoms. The van der Waals surface area contributed by atoms with Crippen LogP contribution in [0.1, 0.15) is 66.6 Å². The average Bonchev–Trinajstić information content (AvgIpc) is 3.17. The molecule has 3 heterocycles. The molecule has 2 saturated heterocycles. The number of carbonyl (C=O) groups excluding carboxylic acids is 2. The third-order valence-electron chi connectivity index (χ3n) is 11.1. The molecule has 56 heavy (non-hydrogen) atoms. The van der Waals surface area contributed by atoms with Crippen molar-refractivity contribution in [1.29, 1.82) is 0 Å². The zero-order valence-electron chi connectivity index (χ0n) is 32.7. The third kappa shape index (κ3) is 10.2. The van der Waals surface area contributed by atoms with Crippen LogP contribution in [0.25, 0.3) is 11.1 Å². The van der Waals surface area contributed by atoms with Gasteiger partial charge in [-0.3, -0.25) is 19.4 Å². The number of allylic oxidation sites excluding steroid dienone is 2. The van der Waals surface area contributed by atoms with Crippen LogP contribution in [0, 0.1) is 6.92 Å². The van der Waals surface area contributed by atoms with E-state index in [4.69, 9.17) is 9.47 Å². The standard InChI is InChI=1S/C44H55FN6O5/c1-28-7-14-41(52)39(19-28)42(53)48-35-9-11-36(12-10-35)49-43(54)40-22-34(45)23-46-44(40)56-37-6-4-5-32(21-37)38-13-8-31(26-51-24-29(2)47-30(3)25-51)20-33(38)27-50-15-17-55-18-16-50/h4-8,13-14,19-23,29-30,35-36,44,46-47,52H,9-12,15-18,24-27H2,1-3H3,(H,48,53)(H,49,54)/t29-,30+,35-,36+,44?. The number of dihydropyridines is 1. The fourth-order valence-corrected chi connectivity index (χ4v) is 8.40. The van der Waals surface area contributed by atoms with E-state index < -0.39 is 18.0 Å². The summed E-state index contributed by atoms with van der Waals surface area (Å²) in [6, 6.07) is 20.2. The van der Waals surface area contributed by atoms with Gasteiger partial charge >= 0.3 is 0 Å². The number of hydrogen-bond donors (Lipinski definition) is 5. The topological polar surface area (TPSA) is 127 Å². The van der Waals surface area contributed by atoms with E-state index >= 15 is 0 Å². The zero-order chi connectivity index (χ0) is 39.2.